The Hall–Kier alpha value is -1.26. The molecule has 0 saturated carbocycles. The van der Waals surface area contributed by atoms with Crippen LogP contribution in [-0.2, 0) is 23.9 Å². The maximum absolute atomic E-state index is 12.2. The zero-order valence-electron chi connectivity index (χ0n) is 17.8. The Morgan fingerprint density at radius 3 is 2.43 bits per heavy atom. The Bertz CT molecular complexity index is 569. The van der Waals surface area contributed by atoms with Crippen LogP contribution in [0.1, 0.15) is 64.7 Å². The number of unbranched alkanes of at least 4 members (excludes halogenated alkanes) is 2. The number of hydrogen-bond donors (Lipinski definition) is 3. The molecular formula is C20H34N2O6S2. The van der Waals surface area contributed by atoms with Gasteiger partial charge in [-0.1, -0.05) is 34.4 Å². The van der Waals surface area contributed by atoms with Gasteiger partial charge in [0.05, 0.1) is 6.61 Å². The van der Waals surface area contributed by atoms with Crippen LogP contribution >= 0.6 is 21.6 Å². The fourth-order valence-corrected chi connectivity index (χ4v) is 6.04. The Morgan fingerprint density at radius 1 is 1.10 bits per heavy atom. The number of ketones is 1. The number of amides is 1. The van der Waals surface area contributed by atoms with Gasteiger partial charge in [-0.15, -0.1) is 0 Å². The Labute approximate surface area is 186 Å². The number of Topliss-reactive ketones (excluding diaryl/α,β-unsaturated/α-hetero) is 1. The highest BCUT2D eigenvalue weighted by Gasteiger charge is 2.23. The lowest BCUT2D eigenvalue weighted by Crippen LogP contribution is -2.42. The van der Waals surface area contributed by atoms with Crippen molar-refractivity contribution >= 4 is 45.2 Å². The van der Waals surface area contributed by atoms with Crippen LogP contribution in [0.25, 0.3) is 0 Å². The molecule has 0 radical (unpaired) electrons. The molecule has 0 aromatic carbocycles. The van der Waals surface area contributed by atoms with E-state index >= 15 is 0 Å². The molecule has 0 aromatic rings. The van der Waals surface area contributed by atoms with Crippen molar-refractivity contribution in [3.05, 3.63) is 0 Å². The van der Waals surface area contributed by atoms with Gasteiger partial charge in [0.2, 0.25) is 5.91 Å². The SMILES string of the molecule is CNC(CCC(=O)NC(CCC(C)=O)C(=O)O)C(=O)OCCCCCC1CCSS1. The molecule has 0 aliphatic carbocycles. The average molecular weight is 463 g/mol. The number of nitrogens with one attached hydrogen (secondary N) is 2. The van der Waals surface area contributed by atoms with E-state index in [1.54, 1.807) is 7.05 Å². The van der Waals surface area contributed by atoms with Gasteiger partial charge in [0.15, 0.2) is 0 Å². The summed E-state index contributed by atoms with van der Waals surface area (Å²) in [5.74, 6) is -0.947. The van der Waals surface area contributed by atoms with E-state index < -0.39 is 29.9 Å². The summed E-state index contributed by atoms with van der Waals surface area (Å²) in [7, 11) is 5.54. The minimum Gasteiger partial charge on any atom is -0.480 e. The zero-order valence-corrected chi connectivity index (χ0v) is 19.4. The third-order valence-corrected chi connectivity index (χ3v) is 7.86. The van der Waals surface area contributed by atoms with Gasteiger partial charge in [0.25, 0.3) is 0 Å². The summed E-state index contributed by atoms with van der Waals surface area (Å²) in [5.41, 5.74) is 0. The minimum absolute atomic E-state index is 0.0124. The van der Waals surface area contributed by atoms with Crippen molar-refractivity contribution in [1.29, 1.82) is 0 Å². The first-order valence-electron chi connectivity index (χ1n) is 10.5. The average Bonchev–Trinajstić information content (AvgIpc) is 3.21. The lowest BCUT2D eigenvalue weighted by molar-refractivity contribution is -0.147. The first kappa shape index (κ1) is 26.8. The largest absolute Gasteiger partial charge is 0.480 e. The van der Waals surface area contributed by atoms with Crippen LogP contribution in [0.4, 0.5) is 0 Å². The van der Waals surface area contributed by atoms with Gasteiger partial charge in [0.1, 0.15) is 17.9 Å². The molecule has 30 heavy (non-hydrogen) atoms. The number of rotatable bonds is 16. The molecule has 3 atom stereocenters. The van der Waals surface area contributed by atoms with Crippen molar-refractivity contribution in [2.45, 2.75) is 82.0 Å². The van der Waals surface area contributed by atoms with Gasteiger partial charge in [-0.3, -0.25) is 9.59 Å². The summed E-state index contributed by atoms with van der Waals surface area (Å²) in [6, 6.07) is -1.73. The molecule has 0 spiro atoms. The summed E-state index contributed by atoms with van der Waals surface area (Å²) in [6.07, 6.45) is 5.81. The number of carboxylic acid groups (broad SMARTS) is 1. The zero-order chi connectivity index (χ0) is 22.4. The molecule has 3 N–H and O–H groups in total. The molecular weight excluding hydrogens is 428 g/mol. The summed E-state index contributed by atoms with van der Waals surface area (Å²) in [4.78, 5) is 46.5. The van der Waals surface area contributed by atoms with Crippen molar-refractivity contribution in [3.63, 3.8) is 0 Å². The molecule has 1 amide bonds. The van der Waals surface area contributed by atoms with Crippen LogP contribution < -0.4 is 10.6 Å². The van der Waals surface area contributed by atoms with E-state index in [0.717, 1.165) is 24.5 Å². The molecule has 8 nitrogen and oxygen atoms in total. The number of likely N-dealkylation sites (N-methyl/N-ethyl adjacent to an activating group) is 1. The molecule has 3 unspecified atom stereocenters. The number of carbonyl (C=O) groups excluding carboxylic acids is 3. The number of esters is 1. The highest BCUT2D eigenvalue weighted by atomic mass is 33.1. The van der Waals surface area contributed by atoms with E-state index in [9.17, 15) is 19.2 Å². The topological polar surface area (TPSA) is 122 Å². The van der Waals surface area contributed by atoms with E-state index in [-0.39, 0.29) is 31.5 Å². The molecule has 10 heteroatoms. The normalized spacial score (nSPS) is 17.9. The first-order chi connectivity index (χ1) is 14.3. The van der Waals surface area contributed by atoms with E-state index in [1.807, 2.05) is 21.6 Å². The fraction of sp³-hybridized carbons (Fsp3) is 0.800. The van der Waals surface area contributed by atoms with Crippen molar-refractivity contribution < 1.29 is 29.0 Å². The van der Waals surface area contributed by atoms with E-state index in [1.165, 1.54) is 25.5 Å². The standard InChI is InChI=1S/C20H34N2O6S2/c1-14(23)7-8-16(19(25)26)22-18(24)10-9-17(21-2)20(27)28-12-5-3-4-6-15-11-13-29-30-15/h15-17,21H,3-13H2,1-2H3,(H,22,24)(H,25,26). The van der Waals surface area contributed by atoms with Crippen LogP contribution in [0.3, 0.4) is 0 Å². The van der Waals surface area contributed by atoms with E-state index in [0.29, 0.717) is 6.61 Å². The summed E-state index contributed by atoms with van der Waals surface area (Å²) < 4.78 is 5.31. The number of carboxylic acids is 1. The smallest absolute Gasteiger partial charge is 0.326 e. The quantitative estimate of drug-likeness (QED) is 0.180. The third kappa shape index (κ3) is 11.8. The van der Waals surface area contributed by atoms with Crippen molar-refractivity contribution in [2.24, 2.45) is 0 Å². The second-order valence-corrected chi connectivity index (χ2v) is 10.2. The van der Waals surface area contributed by atoms with E-state index in [4.69, 9.17) is 9.84 Å². The number of aliphatic carboxylic acids is 1. The minimum atomic E-state index is -1.18. The monoisotopic (exact) mass is 462 g/mol. The van der Waals surface area contributed by atoms with Crippen molar-refractivity contribution in [2.75, 3.05) is 19.4 Å². The van der Waals surface area contributed by atoms with Gasteiger partial charge in [-0.2, -0.15) is 0 Å². The van der Waals surface area contributed by atoms with Crippen LogP contribution in [0, 0.1) is 0 Å². The molecule has 172 valence electrons. The molecule has 0 aromatic heterocycles. The predicted molar refractivity (Wildman–Crippen MR) is 119 cm³/mol. The number of hydrogen-bond acceptors (Lipinski definition) is 8. The molecule has 1 saturated heterocycles. The lowest BCUT2D eigenvalue weighted by atomic mass is 10.1. The lowest BCUT2D eigenvalue weighted by Gasteiger charge is -2.17. The highest BCUT2D eigenvalue weighted by Crippen LogP contribution is 2.39. The maximum Gasteiger partial charge on any atom is 0.326 e. The van der Waals surface area contributed by atoms with Crippen LogP contribution in [0.15, 0.2) is 0 Å². The van der Waals surface area contributed by atoms with Crippen LogP contribution in [0.5, 0.6) is 0 Å². The van der Waals surface area contributed by atoms with Gasteiger partial charge in [0, 0.05) is 23.8 Å². The number of ether oxygens (including phenoxy) is 1. The van der Waals surface area contributed by atoms with E-state index in [2.05, 4.69) is 10.6 Å². The second kappa shape index (κ2) is 15.5. The van der Waals surface area contributed by atoms with Gasteiger partial charge in [-0.05, 0) is 46.1 Å². The second-order valence-electron chi connectivity index (χ2n) is 7.42. The Kier molecular flexibility index (Phi) is 13.9. The Balaban J connectivity index is 2.22. The molecule has 1 aliphatic heterocycles. The Morgan fingerprint density at radius 2 is 1.83 bits per heavy atom. The third-order valence-electron chi connectivity index (χ3n) is 4.85. The first-order valence-corrected chi connectivity index (χ1v) is 12.9. The number of carbonyl (C=O) groups is 4. The molecule has 1 aliphatic rings. The van der Waals surface area contributed by atoms with Crippen LogP contribution in [0.2, 0.25) is 0 Å². The molecule has 1 heterocycles. The maximum atomic E-state index is 12.2. The predicted octanol–water partition coefficient (Wildman–Crippen LogP) is 2.55. The summed E-state index contributed by atoms with van der Waals surface area (Å²) >= 11 is 0. The summed E-state index contributed by atoms with van der Waals surface area (Å²) in [5, 5.41) is 15.2. The molecule has 1 rings (SSSR count). The van der Waals surface area contributed by atoms with Gasteiger partial charge in [-0.25, -0.2) is 4.79 Å². The van der Waals surface area contributed by atoms with Gasteiger partial charge < -0.3 is 25.3 Å². The van der Waals surface area contributed by atoms with Crippen molar-refractivity contribution in [1.82, 2.24) is 10.6 Å². The van der Waals surface area contributed by atoms with Crippen LogP contribution in [-0.4, -0.2) is 65.5 Å². The van der Waals surface area contributed by atoms with Gasteiger partial charge >= 0.3 is 11.9 Å². The highest BCUT2D eigenvalue weighted by molar-refractivity contribution is 8.77. The molecule has 1 fully saturated rings. The fourth-order valence-electron chi connectivity index (χ4n) is 3.02. The summed E-state index contributed by atoms with van der Waals surface area (Å²) in [6.45, 7) is 1.74. The van der Waals surface area contributed by atoms with Crippen molar-refractivity contribution in [3.8, 4) is 0 Å². The molecule has 0 bridgehead atoms.